The molecule has 2 heterocycles. The summed E-state index contributed by atoms with van der Waals surface area (Å²) < 4.78 is 31.7. The second kappa shape index (κ2) is 9.26. The first-order valence-electron chi connectivity index (χ1n) is 10.7. The van der Waals surface area contributed by atoms with Gasteiger partial charge in [0.2, 0.25) is 5.91 Å². The third-order valence-electron chi connectivity index (χ3n) is 5.86. The number of carbonyl (C=O) groups is 1. The first kappa shape index (κ1) is 22.2. The second-order valence-electron chi connectivity index (χ2n) is 8.19. The van der Waals surface area contributed by atoms with Gasteiger partial charge >= 0.3 is 0 Å². The molecule has 1 aliphatic heterocycles. The number of para-hydroxylation sites is 1. The van der Waals surface area contributed by atoms with Gasteiger partial charge in [0.15, 0.2) is 9.84 Å². The zero-order valence-corrected chi connectivity index (χ0v) is 18.8. The molecule has 32 heavy (non-hydrogen) atoms. The van der Waals surface area contributed by atoms with E-state index in [0.717, 1.165) is 28.6 Å². The average molecular weight is 454 g/mol. The number of piperidine rings is 1. The number of fused-ring (bicyclic) bond motifs is 1. The topological polar surface area (TPSA) is 111 Å². The van der Waals surface area contributed by atoms with Crippen molar-refractivity contribution in [2.45, 2.75) is 37.3 Å². The summed E-state index contributed by atoms with van der Waals surface area (Å²) in [6.45, 7) is 2.97. The third kappa shape index (κ3) is 4.92. The number of nitrogens with two attached hydrogens (primary N) is 1. The summed E-state index contributed by atoms with van der Waals surface area (Å²) in [5.41, 5.74) is 8.31. The summed E-state index contributed by atoms with van der Waals surface area (Å²) in [6.07, 6.45) is 1.42. The standard InChI is InChI=1S/C24H27N3O4S/c1-16-13-17(20-5-2-3-7-22(20)27-16)14-31-18-8-10-19(11-9-18)32(29,30)15-23-21(24(25)28)6-4-12-26-23/h2-3,5,7-11,13,21,23,26H,4,6,12,14-15H2,1H3,(H2,25,28). The van der Waals surface area contributed by atoms with Crippen molar-refractivity contribution in [2.24, 2.45) is 11.7 Å². The Balaban J connectivity index is 1.46. The minimum Gasteiger partial charge on any atom is -0.489 e. The Hall–Kier alpha value is -2.97. The summed E-state index contributed by atoms with van der Waals surface area (Å²) in [4.78, 5) is 16.4. The van der Waals surface area contributed by atoms with Crippen molar-refractivity contribution < 1.29 is 17.9 Å². The van der Waals surface area contributed by atoms with Crippen LogP contribution < -0.4 is 15.8 Å². The predicted octanol–water partition coefficient (Wildman–Crippen LogP) is 2.75. The number of hydrogen-bond acceptors (Lipinski definition) is 6. The van der Waals surface area contributed by atoms with E-state index in [-0.39, 0.29) is 10.6 Å². The number of hydrogen-bond donors (Lipinski definition) is 2. The van der Waals surface area contributed by atoms with E-state index in [1.807, 2.05) is 37.3 Å². The van der Waals surface area contributed by atoms with Crippen molar-refractivity contribution in [3.63, 3.8) is 0 Å². The molecule has 2 atom stereocenters. The van der Waals surface area contributed by atoms with Gasteiger partial charge in [0, 0.05) is 22.7 Å². The number of amides is 1. The fourth-order valence-electron chi connectivity index (χ4n) is 4.22. The highest BCUT2D eigenvalue weighted by atomic mass is 32.2. The number of nitrogens with zero attached hydrogens (tertiary/aromatic N) is 1. The lowest BCUT2D eigenvalue weighted by atomic mass is 9.91. The second-order valence-corrected chi connectivity index (χ2v) is 10.2. The van der Waals surface area contributed by atoms with E-state index in [0.29, 0.717) is 25.3 Å². The molecule has 4 rings (SSSR count). The zero-order valence-electron chi connectivity index (χ0n) is 18.0. The van der Waals surface area contributed by atoms with Gasteiger partial charge in [-0.15, -0.1) is 0 Å². The van der Waals surface area contributed by atoms with E-state index in [2.05, 4.69) is 10.3 Å². The molecule has 0 aliphatic carbocycles. The Morgan fingerprint density at radius 1 is 1.19 bits per heavy atom. The number of primary amides is 1. The van der Waals surface area contributed by atoms with Crippen LogP contribution in [-0.4, -0.2) is 37.6 Å². The molecule has 1 aromatic heterocycles. The van der Waals surface area contributed by atoms with Crippen LogP contribution in [-0.2, 0) is 21.2 Å². The number of aromatic nitrogens is 1. The van der Waals surface area contributed by atoms with Crippen LogP contribution in [0.2, 0.25) is 0 Å². The van der Waals surface area contributed by atoms with Crippen LogP contribution in [0.5, 0.6) is 5.75 Å². The highest BCUT2D eigenvalue weighted by Gasteiger charge is 2.33. The molecule has 1 fully saturated rings. The monoisotopic (exact) mass is 453 g/mol. The molecule has 2 aromatic carbocycles. The average Bonchev–Trinajstić information content (AvgIpc) is 2.77. The van der Waals surface area contributed by atoms with Gasteiger partial charge in [0.1, 0.15) is 12.4 Å². The van der Waals surface area contributed by atoms with Crippen LogP contribution in [0.1, 0.15) is 24.1 Å². The number of carbonyl (C=O) groups excluding carboxylic acids is 1. The minimum atomic E-state index is -3.58. The first-order valence-corrected chi connectivity index (χ1v) is 12.3. The Morgan fingerprint density at radius 2 is 1.94 bits per heavy atom. The number of aryl methyl sites for hydroxylation is 1. The predicted molar refractivity (Wildman–Crippen MR) is 123 cm³/mol. The van der Waals surface area contributed by atoms with Gasteiger partial charge in [-0.05, 0) is 62.7 Å². The third-order valence-corrected chi connectivity index (χ3v) is 7.64. The van der Waals surface area contributed by atoms with E-state index in [9.17, 15) is 13.2 Å². The van der Waals surface area contributed by atoms with Crippen molar-refractivity contribution in [3.8, 4) is 5.75 Å². The molecular formula is C24H27N3O4S. The van der Waals surface area contributed by atoms with Gasteiger partial charge in [-0.1, -0.05) is 18.2 Å². The summed E-state index contributed by atoms with van der Waals surface area (Å²) >= 11 is 0. The maximum Gasteiger partial charge on any atom is 0.222 e. The van der Waals surface area contributed by atoms with E-state index in [1.165, 1.54) is 0 Å². The van der Waals surface area contributed by atoms with Crippen molar-refractivity contribution in [1.29, 1.82) is 0 Å². The molecule has 168 valence electrons. The molecule has 1 aliphatic rings. The normalized spacial score (nSPS) is 19.0. The zero-order chi connectivity index (χ0) is 22.7. The van der Waals surface area contributed by atoms with E-state index >= 15 is 0 Å². The number of ether oxygens (including phenoxy) is 1. The van der Waals surface area contributed by atoms with Gasteiger partial charge in [-0.3, -0.25) is 9.78 Å². The maximum atomic E-state index is 12.9. The molecule has 3 N–H and O–H groups in total. The summed E-state index contributed by atoms with van der Waals surface area (Å²) in [5.74, 6) is -0.517. The quantitative estimate of drug-likeness (QED) is 0.569. The fraction of sp³-hybridized carbons (Fsp3) is 0.333. The van der Waals surface area contributed by atoms with Crippen molar-refractivity contribution in [2.75, 3.05) is 12.3 Å². The number of pyridine rings is 1. The first-order chi connectivity index (χ1) is 15.3. The maximum absolute atomic E-state index is 12.9. The van der Waals surface area contributed by atoms with E-state index in [4.69, 9.17) is 10.5 Å². The summed E-state index contributed by atoms with van der Waals surface area (Å²) in [6, 6.07) is 15.8. The molecule has 0 bridgehead atoms. The molecule has 1 saturated heterocycles. The lowest BCUT2D eigenvalue weighted by Gasteiger charge is -2.30. The lowest BCUT2D eigenvalue weighted by molar-refractivity contribution is -0.123. The van der Waals surface area contributed by atoms with Crippen molar-refractivity contribution in [1.82, 2.24) is 10.3 Å². The van der Waals surface area contributed by atoms with Crippen LogP contribution in [0.4, 0.5) is 0 Å². The van der Waals surface area contributed by atoms with Crippen LogP contribution >= 0.6 is 0 Å². The van der Waals surface area contributed by atoms with Crippen molar-refractivity contribution in [3.05, 3.63) is 65.9 Å². The van der Waals surface area contributed by atoms with Crippen LogP contribution in [0.15, 0.2) is 59.5 Å². The Bertz CT molecular complexity index is 1230. The SMILES string of the molecule is Cc1cc(COc2ccc(S(=O)(=O)CC3NCCCC3C(N)=O)cc2)c2ccccc2n1. The lowest BCUT2D eigenvalue weighted by Crippen LogP contribution is -2.50. The molecule has 7 nitrogen and oxygen atoms in total. The molecule has 2 unspecified atom stereocenters. The van der Waals surface area contributed by atoms with E-state index < -0.39 is 27.7 Å². The summed E-state index contributed by atoms with van der Waals surface area (Å²) in [7, 11) is -3.58. The highest BCUT2D eigenvalue weighted by molar-refractivity contribution is 7.91. The molecule has 1 amide bonds. The molecule has 0 spiro atoms. The van der Waals surface area contributed by atoms with Gasteiger partial charge in [-0.2, -0.15) is 0 Å². The van der Waals surface area contributed by atoms with Crippen LogP contribution in [0, 0.1) is 12.8 Å². The largest absolute Gasteiger partial charge is 0.489 e. The minimum absolute atomic E-state index is 0.164. The molecule has 8 heteroatoms. The highest BCUT2D eigenvalue weighted by Crippen LogP contribution is 2.24. The molecule has 0 saturated carbocycles. The molecule has 0 radical (unpaired) electrons. The molecule has 3 aromatic rings. The Kier molecular flexibility index (Phi) is 6.43. The van der Waals surface area contributed by atoms with Crippen LogP contribution in [0.3, 0.4) is 0 Å². The van der Waals surface area contributed by atoms with Gasteiger partial charge in [0.05, 0.1) is 22.1 Å². The molecular weight excluding hydrogens is 426 g/mol. The van der Waals surface area contributed by atoms with Gasteiger partial charge in [-0.25, -0.2) is 8.42 Å². The summed E-state index contributed by atoms with van der Waals surface area (Å²) in [5, 5.41) is 4.16. The van der Waals surface area contributed by atoms with Crippen molar-refractivity contribution >= 4 is 26.6 Å². The fourth-order valence-corrected chi connectivity index (χ4v) is 5.79. The van der Waals surface area contributed by atoms with Gasteiger partial charge in [0.25, 0.3) is 0 Å². The number of nitrogens with one attached hydrogen (secondary N) is 1. The van der Waals surface area contributed by atoms with Crippen LogP contribution in [0.25, 0.3) is 10.9 Å². The Labute approximate surface area is 187 Å². The number of rotatable bonds is 7. The van der Waals surface area contributed by atoms with Gasteiger partial charge < -0.3 is 15.8 Å². The number of benzene rings is 2. The smallest absolute Gasteiger partial charge is 0.222 e. The van der Waals surface area contributed by atoms with E-state index in [1.54, 1.807) is 24.3 Å². The number of sulfone groups is 1. The Morgan fingerprint density at radius 3 is 2.69 bits per heavy atom.